The molecule has 2 aromatic rings. The van der Waals surface area contributed by atoms with Gasteiger partial charge in [0.25, 0.3) is 0 Å². The molecule has 5 nitrogen and oxygen atoms in total. The summed E-state index contributed by atoms with van der Waals surface area (Å²) in [5.74, 6) is -0.386. The van der Waals surface area contributed by atoms with Gasteiger partial charge in [-0.2, -0.15) is 4.31 Å². The Morgan fingerprint density at radius 3 is 2.47 bits per heavy atom. The van der Waals surface area contributed by atoms with E-state index in [1.165, 1.54) is 23.8 Å². The number of hydrogen-bond donors (Lipinski definition) is 0. The van der Waals surface area contributed by atoms with Crippen molar-refractivity contribution in [3.63, 3.8) is 0 Å². The minimum atomic E-state index is -3.61. The number of halogens is 1. The first kappa shape index (κ1) is 21.4. The van der Waals surface area contributed by atoms with Crippen LogP contribution in [0.5, 0.6) is 0 Å². The van der Waals surface area contributed by atoms with E-state index in [0.717, 1.165) is 25.9 Å². The molecule has 0 saturated carbocycles. The molecule has 2 heterocycles. The number of nitrogens with zero attached hydrogens (tertiary/aromatic N) is 2. The topological polar surface area (TPSA) is 49.9 Å². The molecule has 0 aliphatic carbocycles. The fourth-order valence-electron chi connectivity index (χ4n) is 5.00. The van der Waals surface area contributed by atoms with Gasteiger partial charge in [-0.1, -0.05) is 30.3 Å². The predicted molar refractivity (Wildman–Crippen MR) is 114 cm³/mol. The fourth-order valence-corrected chi connectivity index (χ4v) is 6.53. The van der Waals surface area contributed by atoms with Crippen molar-refractivity contribution in [3.05, 3.63) is 65.5 Å². The van der Waals surface area contributed by atoms with Crippen LogP contribution in [0.1, 0.15) is 30.0 Å². The molecule has 0 amide bonds. The molecule has 2 saturated heterocycles. The van der Waals surface area contributed by atoms with Crippen molar-refractivity contribution in [2.24, 2.45) is 5.41 Å². The van der Waals surface area contributed by atoms with E-state index in [-0.39, 0.29) is 22.2 Å². The van der Waals surface area contributed by atoms with E-state index in [9.17, 15) is 12.8 Å². The van der Waals surface area contributed by atoms with Crippen LogP contribution in [0.3, 0.4) is 0 Å². The van der Waals surface area contributed by atoms with Gasteiger partial charge < -0.3 is 4.74 Å². The van der Waals surface area contributed by atoms with Crippen molar-refractivity contribution in [2.75, 3.05) is 39.9 Å². The van der Waals surface area contributed by atoms with Crippen LogP contribution in [0.25, 0.3) is 0 Å². The Morgan fingerprint density at radius 2 is 1.83 bits per heavy atom. The lowest BCUT2D eigenvalue weighted by Crippen LogP contribution is -2.62. The third-order valence-electron chi connectivity index (χ3n) is 6.65. The summed E-state index contributed by atoms with van der Waals surface area (Å²) in [6, 6.07) is 14.8. The number of rotatable bonds is 6. The highest BCUT2D eigenvalue weighted by Crippen LogP contribution is 2.55. The van der Waals surface area contributed by atoms with Gasteiger partial charge in [0.2, 0.25) is 10.0 Å². The third kappa shape index (κ3) is 3.80. The first-order valence-corrected chi connectivity index (χ1v) is 11.9. The predicted octanol–water partition coefficient (Wildman–Crippen LogP) is 3.61. The van der Waals surface area contributed by atoms with Gasteiger partial charge in [0.1, 0.15) is 5.82 Å². The van der Waals surface area contributed by atoms with Crippen LogP contribution >= 0.6 is 0 Å². The molecule has 2 aliphatic heterocycles. The highest BCUT2D eigenvalue weighted by molar-refractivity contribution is 7.89. The van der Waals surface area contributed by atoms with Crippen LogP contribution in [-0.4, -0.2) is 57.5 Å². The molecule has 0 radical (unpaired) electrons. The highest BCUT2D eigenvalue weighted by atomic mass is 32.2. The fraction of sp³-hybridized carbons (Fsp3) is 0.478. The van der Waals surface area contributed by atoms with Crippen LogP contribution in [0.2, 0.25) is 0 Å². The van der Waals surface area contributed by atoms with Crippen molar-refractivity contribution in [3.8, 4) is 0 Å². The van der Waals surface area contributed by atoms with Crippen LogP contribution < -0.4 is 0 Å². The van der Waals surface area contributed by atoms with Crippen molar-refractivity contribution >= 4 is 10.0 Å². The maximum Gasteiger partial charge on any atom is 0.243 e. The van der Waals surface area contributed by atoms with Crippen LogP contribution in [0.15, 0.2) is 53.4 Å². The summed E-state index contributed by atoms with van der Waals surface area (Å²) in [6.07, 6.45) is 1.63. The summed E-state index contributed by atoms with van der Waals surface area (Å²) in [6.45, 7) is 5.07. The van der Waals surface area contributed by atoms with Gasteiger partial charge in [0.05, 0.1) is 11.5 Å². The number of likely N-dealkylation sites (tertiary alicyclic amines) is 1. The second-order valence-electron chi connectivity index (χ2n) is 8.45. The summed E-state index contributed by atoms with van der Waals surface area (Å²) >= 11 is 0. The van der Waals surface area contributed by atoms with E-state index in [2.05, 4.69) is 29.2 Å². The van der Waals surface area contributed by atoms with E-state index >= 15 is 0 Å². The van der Waals surface area contributed by atoms with Gasteiger partial charge in [-0.05, 0) is 49.1 Å². The molecule has 2 aliphatic rings. The lowest BCUT2D eigenvalue weighted by Gasteiger charge is -2.60. The number of hydrogen-bond acceptors (Lipinski definition) is 4. The number of aryl methyl sites for hydroxylation is 1. The molecule has 2 fully saturated rings. The van der Waals surface area contributed by atoms with Gasteiger partial charge >= 0.3 is 0 Å². The van der Waals surface area contributed by atoms with Gasteiger partial charge in [-0.15, -0.1) is 0 Å². The van der Waals surface area contributed by atoms with Gasteiger partial charge in [-0.25, -0.2) is 12.8 Å². The zero-order chi connectivity index (χ0) is 21.4. The largest absolute Gasteiger partial charge is 0.383 e. The Morgan fingerprint density at radius 1 is 1.13 bits per heavy atom. The lowest BCUT2D eigenvalue weighted by atomic mass is 9.63. The summed E-state index contributed by atoms with van der Waals surface area (Å²) < 4.78 is 46.6. The monoisotopic (exact) mass is 432 g/mol. The molecule has 1 unspecified atom stereocenters. The quantitative estimate of drug-likeness (QED) is 0.700. The third-order valence-corrected chi connectivity index (χ3v) is 8.54. The molecule has 0 N–H and O–H groups in total. The van der Waals surface area contributed by atoms with Crippen molar-refractivity contribution in [2.45, 2.75) is 30.7 Å². The standard InChI is InChI=1S/C23H29FN2O3S/c1-18-16-20(8-9-21(18)24)30(27,28)26-12-10-23(11-13-26)17-25(14-15-29-2)22(23)19-6-4-3-5-7-19/h3-9,16,22H,10-15,17H2,1-2H3. The molecular formula is C23H29FN2O3S. The molecule has 7 heteroatoms. The Kier molecular flexibility index (Phi) is 5.99. The lowest BCUT2D eigenvalue weighted by molar-refractivity contribution is -0.110. The second-order valence-corrected chi connectivity index (χ2v) is 10.4. The Hall–Kier alpha value is -1.80. The maximum atomic E-state index is 13.6. The molecule has 162 valence electrons. The molecule has 0 bridgehead atoms. The molecule has 0 aromatic heterocycles. The smallest absolute Gasteiger partial charge is 0.243 e. The highest BCUT2D eigenvalue weighted by Gasteiger charge is 2.54. The van der Waals surface area contributed by atoms with Gasteiger partial charge in [0.15, 0.2) is 0 Å². The van der Waals surface area contributed by atoms with Crippen LogP contribution in [0, 0.1) is 18.2 Å². The average Bonchev–Trinajstić information content (AvgIpc) is 2.74. The van der Waals surface area contributed by atoms with Crippen molar-refractivity contribution in [1.29, 1.82) is 0 Å². The van der Waals surface area contributed by atoms with Crippen molar-refractivity contribution in [1.82, 2.24) is 9.21 Å². The number of piperidine rings is 1. The van der Waals surface area contributed by atoms with Gasteiger partial charge in [0, 0.05) is 44.7 Å². The summed E-state index contributed by atoms with van der Waals surface area (Å²) in [5, 5.41) is 0. The summed E-state index contributed by atoms with van der Waals surface area (Å²) in [7, 11) is -1.90. The molecule has 1 atom stereocenters. The second kappa shape index (κ2) is 8.38. The Labute approximate surface area is 178 Å². The van der Waals surface area contributed by atoms with E-state index in [1.54, 1.807) is 18.3 Å². The first-order chi connectivity index (χ1) is 14.4. The van der Waals surface area contributed by atoms with E-state index in [4.69, 9.17) is 4.74 Å². The maximum absolute atomic E-state index is 13.6. The molecular weight excluding hydrogens is 403 g/mol. The Balaban J connectivity index is 1.51. The Bertz CT molecular complexity index is 989. The molecule has 30 heavy (non-hydrogen) atoms. The molecule has 4 rings (SSSR count). The number of ether oxygens (including phenoxy) is 1. The molecule has 2 aromatic carbocycles. The van der Waals surface area contributed by atoms with Gasteiger partial charge in [-0.3, -0.25) is 4.90 Å². The van der Waals surface area contributed by atoms with E-state index in [0.29, 0.717) is 25.3 Å². The average molecular weight is 433 g/mol. The zero-order valence-corrected chi connectivity index (χ0v) is 18.4. The molecule has 1 spiro atoms. The van der Waals surface area contributed by atoms with Crippen LogP contribution in [-0.2, 0) is 14.8 Å². The minimum absolute atomic E-state index is 0.0832. The normalized spacial score (nSPS) is 22.2. The van der Waals surface area contributed by atoms with E-state index in [1.807, 2.05) is 6.07 Å². The summed E-state index contributed by atoms with van der Waals surface area (Å²) in [5.41, 5.74) is 1.71. The number of sulfonamides is 1. The minimum Gasteiger partial charge on any atom is -0.383 e. The van der Waals surface area contributed by atoms with Crippen LogP contribution in [0.4, 0.5) is 4.39 Å². The number of benzene rings is 2. The van der Waals surface area contributed by atoms with Crippen molar-refractivity contribution < 1.29 is 17.5 Å². The van der Waals surface area contributed by atoms with E-state index < -0.39 is 10.0 Å². The zero-order valence-electron chi connectivity index (χ0n) is 17.6. The summed E-state index contributed by atoms with van der Waals surface area (Å²) in [4.78, 5) is 2.61. The first-order valence-electron chi connectivity index (χ1n) is 10.4. The SMILES string of the molecule is COCCN1CC2(CCN(S(=O)(=O)c3ccc(F)c(C)c3)CC2)C1c1ccccc1. The number of methoxy groups -OCH3 is 1.